The van der Waals surface area contributed by atoms with Gasteiger partial charge in [-0.3, -0.25) is 0 Å². The highest BCUT2D eigenvalue weighted by Gasteiger charge is 2.03. The Labute approximate surface area is 97.6 Å². The number of nitrogen functional groups attached to an aromatic ring is 2. The van der Waals surface area contributed by atoms with Crippen LogP contribution in [0.25, 0.3) is 0 Å². The van der Waals surface area contributed by atoms with Crippen molar-refractivity contribution in [1.29, 1.82) is 0 Å². The highest BCUT2D eigenvalue weighted by molar-refractivity contribution is 5.69. The predicted molar refractivity (Wildman–Crippen MR) is 71.5 cm³/mol. The number of nitrogens with zero attached hydrogens (tertiary/aromatic N) is 1. The molecule has 0 aliphatic rings. The van der Waals surface area contributed by atoms with Gasteiger partial charge in [-0.05, 0) is 52.2 Å². The van der Waals surface area contributed by atoms with Crippen LogP contribution in [0.2, 0.25) is 0 Å². The van der Waals surface area contributed by atoms with Crippen molar-refractivity contribution in [3.8, 4) is 0 Å². The fourth-order valence-electron chi connectivity index (χ4n) is 1.47. The molecule has 1 aromatic carbocycles. The van der Waals surface area contributed by atoms with Crippen LogP contribution in [0.15, 0.2) is 18.2 Å². The average Bonchev–Trinajstić information content (AvgIpc) is 2.21. The van der Waals surface area contributed by atoms with E-state index >= 15 is 0 Å². The van der Waals surface area contributed by atoms with Gasteiger partial charge in [0, 0.05) is 11.7 Å². The van der Waals surface area contributed by atoms with Crippen LogP contribution in [0.5, 0.6) is 0 Å². The first-order chi connectivity index (χ1) is 7.49. The highest BCUT2D eigenvalue weighted by Crippen LogP contribution is 2.20. The number of nitrogens with two attached hydrogens (primary N) is 2. The molecule has 16 heavy (non-hydrogen) atoms. The quantitative estimate of drug-likeness (QED) is 0.662. The van der Waals surface area contributed by atoms with E-state index in [-0.39, 0.29) is 0 Å². The molecule has 1 unspecified atom stereocenters. The van der Waals surface area contributed by atoms with E-state index in [4.69, 9.17) is 11.5 Å². The molecule has 0 heterocycles. The lowest BCUT2D eigenvalue weighted by Gasteiger charge is -2.18. The normalized spacial score (nSPS) is 12.8. The summed E-state index contributed by atoms with van der Waals surface area (Å²) < 4.78 is 0. The van der Waals surface area contributed by atoms with Crippen molar-refractivity contribution in [2.45, 2.75) is 19.4 Å². The van der Waals surface area contributed by atoms with Crippen LogP contribution in [0, 0.1) is 0 Å². The lowest BCUT2D eigenvalue weighted by atomic mass is 10.2. The van der Waals surface area contributed by atoms with Crippen LogP contribution in [0.3, 0.4) is 0 Å². The molecule has 0 saturated carbocycles. The first-order valence-electron chi connectivity index (χ1n) is 5.55. The zero-order valence-electron chi connectivity index (χ0n) is 10.3. The van der Waals surface area contributed by atoms with Crippen molar-refractivity contribution < 1.29 is 0 Å². The summed E-state index contributed by atoms with van der Waals surface area (Å²) in [6.07, 6.45) is 1.09. The van der Waals surface area contributed by atoms with Crippen LogP contribution in [0.4, 0.5) is 17.1 Å². The zero-order valence-corrected chi connectivity index (χ0v) is 10.3. The van der Waals surface area contributed by atoms with Gasteiger partial charge in [0.1, 0.15) is 0 Å². The van der Waals surface area contributed by atoms with Crippen molar-refractivity contribution in [2.24, 2.45) is 0 Å². The summed E-state index contributed by atoms with van der Waals surface area (Å²) in [7, 11) is 4.15. The van der Waals surface area contributed by atoms with Gasteiger partial charge in [0.25, 0.3) is 0 Å². The molecular weight excluding hydrogens is 200 g/mol. The molecule has 4 nitrogen and oxygen atoms in total. The summed E-state index contributed by atoms with van der Waals surface area (Å²) >= 11 is 0. The smallest absolute Gasteiger partial charge is 0.0568 e. The van der Waals surface area contributed by atoms with Crippen molar-refractivity contribution in [3.05, 3.63) is 18.2 Å². The molecule has 1 atom stereocenters. The zero-order chi connectivity index (χ0) is 12.1. The minimum absolute atomic E-state index is 0.422. The Balaban J connectivity index is 2.49. The molecule has 4 heteroatoms. The van der Waals surface area contributed by atoms with E-state index in [2.05, 4.69) is 31.2 Å². The third kappa shape index (κ3) is 3.98. The van der Waals surface area contributed by atoms with E-state index in [0.717, 1.165) is 18.7 Å². The maximum absolute atomic E-state index is 5.75. The molecule has 0 saturated heterocycles. The summed E-state index contributed by atoms with van der Waals surface area (Å²) in [6.45, 7) is 3.23. The molecule has 0 aliphatic heterocycles. The van der Waals surface area contributed by atoms with Crippen molar-refractivity contribution >= 4 is 17.1 Å². The van der Waals surface area contributed by atoms with Crippen molar-refractivity contribution in [1.82, 2.24) is 4.90 Å². The SMILES string of the molecule is CC(CCN(C)C)Nc1ccc(N)c(N)c1. The minimum atomic E-state index is 0.422. The fraction of sp³-hybridized carbons (Fsp3) is 0.500. The summed E-state index contributed by atoms with van der Waals surface area (Å²) in [6, 6.07) is 6.08. The van der Waals surface area contributed by atoms with Crippen LogP contribution in [-0.2, 0) is 0 Å². The van der Waals surface area contributed by atoms with E-state index in [9.17, 15) is 0 Å². The molecule has 1 aromatic rings. The summed E-state index contributed by atoms with van der Waals surface area (Å²) in [5.74, 6) is 0. The molecule has 1 rings (SSSR count). The van der Waals surface area contributed by atoms with Gasteiger partial charge >= 0.3 is 0 Å². The van der Waals surface area contributed by atoms with E-state index in [0.29, 0.717) is 17.4 Å². The number of anilines is 3. The van der Waals surface area contributed by atoms with Crippen molar-refractivity contribution in [3.63, 3.8) is 0 Å². The number of hydrogen-bond donors (Lipinski definition) is 3. The predicted octanol–water partition coefficient (Wildman–Crippen LogP) is 1.60. The van der Waals surface area contributed by atoms with Gasteiger partial charge in [0.15, 0.2) is 0 Å². The average molecular weight is 222 g/mol. The molecule has 0 aromatic heterocycles. The Morgan fingerprint density at radius 2 is 1.94 bits per heavy atom. The monoisotopic (exact) mass is 222 g/mol. The van der Waals surface area contributed by atoms with Gasteiger partial charge < -0.3 is 21.7 Å². The van der Waals surface area contributed by atoms with Crippen LogP contribution in [0.1, 0.15) is 13.3 Å². The maximum Gasteiger partial charge on any atom is 0.0568 e. The molecular formula is C12H22N4. The van der Waals surface area contributed by atoms with Gasteiger partial charge in [-0.25, -0.2) is 0 Å². The molecule has 90 valence electrons. The molecule has 0 fully saturated rings. The first kappa shape index (κ1) is 12.6. The minimum Gasteiger partial charge on any atom is -0.397 e. The lowest BCUT2D eigenvalue weighted by molar-refractivity contribution is 0.390. The summed E-state index contributed by atoms with van der Waals surface area (Å²) in [5, 5.41) is 3.40. The molecule has 5 N–H and O–H groups in total. The molecule has 0 amide bonds. The Kier molecular flexibility index (Phi) is 4.43. The highest BCUT2D eigenvalue weighted by atomic mass is 15.1. The lowest BCUT2D eigenvalue weighted by Crippen LogP contribution is -2.23. The summed E-state index contributed by atoms with van der Waals surface area (Å²) in [5.41, 5.74) is 13.7. The number of nitrogens with one attached hydrogen (secondary N) is 1. The molecule has 0 aliphatic carbocycles. The number of benzene rings is 1. The Bertz CT molecular complexity index is 336. The number of rotatable bonds is 5. The fourth-order valence-corrected chi connectivity index (χ4v) is 1.47. The molecule has 0 spiro atoms. The second kappa shape index (κ2) is 5.61. The summed E-state index contributed by atoms with van der Waals surface area (Å²) in [4.78, 5) is 2.18. The number of hydrogen-bond acceptors (Lipinski definition) is 4. The van der Waals surface area contributed by atoms with E-state index in [1.165, 1.54) is 0 Å². The van der Waals surface area contributed by atoms with E-state index in [1.807, 2.05) is 18.2 Å². The van der Waals surface area contributed by atoms with Gasteiger partial charge in [0.2, 0.25) is 0 Å². The topological polar surface area (TPSA) is 67.3 Å². The van der Waals surface area contributed by atoms with Crippen LogP contribution < -0.4 is 16.8 Å². The van der Waals surface area contributed by atoms with Crippen LogP contribution >= 0.6 is 0 Å². The third-order valence-electron chi connectivity index (χ3n) is 2.51. The third-order valence-corrected chi connectivity index (χ3v) is 2.51. The molecule has 0 bridgehead atoms. The second-order valence-electron chi connectivity index (χ2n) is 4.48. The molecule has 0 radical (unpaired) electrons. The van der Waals surface area contributed by atoms with Crippen molar-refractivity contribution in [2.75, 3.05) is 37.4 Å². The van der Waals surface area contributed by atoms with E-state index in [1.54, 1.807) is 0 Å². The Morgan fingerprint density at radius 3 is 2.50 bits per heavy atom. The van der Waals surface area contributed by atoms with Crippen LogP contribution in [-0.4, -0.2) is 31.6 Å². The van der Waals surface area contributed by atoms with Gasteiger partial charge in [0.05, 0.1) is 11.4 Å². The Morgan fingerprint density at radius 1 is 1.25 bits per heavy atom. The maximum atomic E-state index is 5.75. The van der Waals surface area contributed by atoms with Gasteiger partial charge in [-0.1, -0.05) is 0 Å². The standard InChI is InChI=1S/C12H22N4/c1-9(6-7-16(2)3)15-10-4-5-11(13)12(14)8-10/h4-5,8-9,15H,6-7,13-14H2,1-3H3. The largest absolute Gasteiger partial charge is 0.397 e. The Hall–Kier alpha value is -1.42. The van der Waals surface area contributed by atoms with Gasteiger partial charge in [-0.2, -0.15) is 0 Å². The first-order valence-corrected chi connectivity index (χ1v) is 5.55. The van der Waals surface area contributed by atoms with E-state index < -0.39 is 0 Å². The second-order valence-corrected chi connectivity index (χ2v) is 4.48. The van der Waals surface area contributed by atoms with Gasteiger partial charge in [-0.15, -0.1) is 0 Å².